The molecule has 0 radical (unpaired) electrons. The summed E-state index contributed by atoms with van der Waals surface area (Å²) < 4.78 is 0. The minimum absolute atomic E-state index is 0.000136. The largest absolute Gasteiger partial charge is 0.480 e. The molecular formula is C44H87N25O9. The van der Waals surface area contributed by atoms with Gasteiger partial charge in [0, 0.05) is 59.2 Å². The number of carboxylic acids is 1. The molecule has 442 valence electrons. The van der Waals surface area contributed by atoms with Gasteiger partial charge in [0.1, 0.15) is 36.3 Å². The normalized spacial score (nSPS) is 12.8. The van der Waals surface area contributed by atoms with Gasteiger partial charge in [-0.05, 0) is 89.9 Å². The Morgan fingerprint density at radius 3 is 0.833 bits per heavy atom. The molecule has 0 aromatic rings. The number of amides is 7. The van der Waals surface area contributed by atoms with E-state index in [2.05, 4.69) is 67.2 Å². The van der Waals surface area contributed by atoms with Gasteiger partial charge in [-0.3, -0.25) is 63.5 Å². The molecule has 0 rings (SSSR count). The maximum absolute atomic E-state index is 14.4. The average molecular weight is 1110 g/mol. The third-order valence-electron chi connectivity index (χ3n) is 10.9. The van der Waals surface area contributed by atoms with Crippen LogP contribution in [0.25, 0.3) is 0 Å². The second kappa shape index (κ2) is 40.7. The van der Waals surface area contributed by atoms with Crippen LogP contribution in [0.1, 0.15) is 110 Å². The first-order chi connectivity index (χ1) is 36.8. The number of nitrogens with zero attached hydrogens (tertiary/aromatic N) is 6. The Morgan fingerprint density at radius 2 is 0.590 bits per heavy atom. The lowest BCUT2D eigenvalue weighted by atomic mass is 10.0. The second-order valence-corrected chi connectivity index (χ2v) is 17.8. The molecule has 0 bridgehead atoms. The summed E-state index contributed by atoms with van der Waals surface area (Å²) in [5, 5.41) is 28.3. The summed E-state index contributed by atoms with van der Waals surface area (Å²) in [7, 11) is 0. The summed E-state index contributed by atoms with van der Waals surface area (Å²) in [5.41, 5.74) is 65.8. The summed E-state index contributed by atoms with van der Waals surface area (Å²) in [6.07, 6.45) is 2.10. The number of nitrogens with two attached hydrogens (primary N) is 12. The molecule has 0 unspecified atom stereocenters. The minimum Gasteiger partial charge on any atom is -0.480 e. The lowest BCUT2D eigenvalue weighted by molar-refractivity contribution is -0.142. The van der Waals surface area contributed by atoms with Crippen molar-refractivity contribution in [1.82, 2.24) is 37.2 Å². The third-order valence-corrected chi connectivity index (χ3v) is 10.9. The molecule has 0 aliphatic heterocycles. The number of rotatable bonds is 42. The van der Waals surface area contributed by atoms with E-state index in [1.54, 1.807) is 0 Å². The van der Waals surface area contributed by atoms with Crippen LogP contribution in [-0.4, -0.2) is 170 Å². The number of aliphatic imine (C=N–C) groups is 6. The first-order valence-electron chi connectivity index (χ1n) is 25.4. The molecule has 0 aliphatic carbocycles. The van der Waals surface area contributed by atoms with E-state index in [1.165, 1.54) is 6.92 Å². The van der Waals surface area contributed by atoms with Crippen molar-refractivity contribution in [2.24, 2.45) is 98.8 Å². The van der Waals surface area contributed by atoms with Crippen molar-refractivity contribution in [3.8, 4) is 0 Å². The van der Waals surface area contributed by atoms with Crippen LogP contribution in [0, 0.1) is 0 Å². The van der Waals surface area contributed by atoms with E-state index in [0.717, 1.165) is 0 Å². The molecule has 0 heterocycles. The van der Waals surface area contributed by atoms with E-state index < -0.39 is 77.7 Å². The quantitative estimate of drug-likeness (QED) is 0.0153. The topological polar surface area (TPSA) is 627 Å². The first-order valence-corrected chi connectivity index (χ1v) is 25.4. The highest BCUT2D eigenvalue weighted by molar-refractivity contribution is 5.97. The fraction of sp³-hybridized carbons (Fsp3) is 0.682. The van der Waals surface area contributed by atoms with Gasteiger partial charge in [-0.1, -0.05) is 6.42 Å². The van der Waals surface area contributed by atoms with E-state index in [1.807, 2.05) is 0 Å². The van der Waals surface area contributed by atoms with Crippen molar-refractivity contribution in [2.45, 2.75) is 146 Å². The number of hydrogen-bond acceptors (Lipinski definition) is 14. The van der Waals surface area contributed by atoms with Crippen molar-refractivity contribution >= 4 is 83.1 Å². The van der Waals surface area contributed by atoms with Crippen LogP contribution >= 0.6 is 0 Å². The summed E-state index contributed by atoms with van der Waals surface area (Å²) in [6.45, 7) is 2.07. The summed E-state index contributed by atoms with van der Waals surface area (Å²) in [4.78, 5) is 131. The smallest absolute Gasteiger partial charge is 0.326 e. The molecule has 0 spiro atoms. The van der Waals surface area contributed by atoms with Gasteiger partial charge >= 0.3 is 5.97 Å². The van der Waals surface area contributed by atoms with E-state index in [-0.39, 0.29) is 164 Å². The predicted molar refractivity (Wildman–Crippen MR) is 296 cm³/mol. The lowest BCUT2D eigenvalue weighted by Crippen LogP contribution is -2.59. The van der Waals surface area contributed by atoms with Crippen LogP contribution < -0.4 is 106 Å². The average Bonchev–Trinajstić information content (AvgIpc) is 3.34. The van der Waals surface area contributed by atoms with Crippen molar-refractivity contribution in [3.63, 3.8) is 0 Å². The van der Waals surface area contributed by atoms with E-state index in [9.17, 15) is 43.5 Å². The fourth-order valence-electron chi connectivity index (χ4n) is 7.10. The maximum atomic E-state index is 14.4. The number of nitrogens with one attached hydrogen (secondary N) is 7. The van der Waals surface area contributed by atoms with Crippen molar-refractivity contribution in [2.75, 3.05) is 45.8 Å². The SMILES string of the molecule is CC(=O)NCCCCCC(=O)N[C@H](CCCN=C(N)N)C(=O)N[C@H](CCCN=C(N)N)C(=O)N[C@H](CCCN=C(N)N)C(=O)N[C@H](CCCN=C(N)N)C(=O)N[C@H](CCCN=C(N)N)C(=O)N[C@H](CCCN=C(N)N)C(=O)O. The molecule has 0 saturated carbocycles. The Balaban J connectivity index is 7.06. The number of aliphatic carboxylic acids is 1. The molecule has 34 heteroatoms. The van der Waals surface area contributed by atoms with Gasteiger partial charge in [-0.25, -0.2) is 4.79 Å². The molecule has 32 N–H and O–H groups in total. The van der Waals surface area contributed by atoms with Gasteiger partial charge in [-0.15, -0.1) is 0 Å². The number of carbonyl (C=O) groups is 8. The number of hydrogen-bond donors (Lipinski definition) is 20. The zero-order valence-electron chi connectivity index (χ0n) is 44.6. The monoisotopic (exact) mass is 1110 g/mol. The lowest BCUT2D eigenvalue weighted by Gasteiger charge is -2.27. The molecule has 6 atom stereocenters. The van der Waals surface area contributed by atoms with Crippen LogP contribution in [0.4, 0.5) is 0 Å². The molecule has 7 amide bonds. The summed E-state index contributed by atoms with van der Waals surface area (Å²) >= 11 is 0. The van der Waals surface area contributed by atoms with E-state index in [4.69, 9.17) is 68.8 Å². The molecule has 0 fully saturated rings. The Labute approximate surface area is 453 Å². The fourth-order valence-corrected chi connectivity index (χ4v) is 7.10. The van der Waals surface area contributed by atoms with Gasteiger partial charge in [0.15, 0.2) is 35.8 Å². The van der Waals surface area contributed by atoms with Gasteiger partial charge in [0.25, 0.3) is 0 Å². The highest BCUT2D eigenvalue weighted by Gasteiger charge is 2.33. The number of unbranched alkanes of at least 4 members (excludes halogenated alkanes) is 2. The van der Waals surface area contributed by atoms with Crippen LogP contribution in [0.2, 0.25) is 0 Å². The van der Waals surface area contributed by atoms with Crippen LogP contribution in [-0.2, 0) is 38.4 Å². The number of guanidine groups is 6. The zero-order chi connectivity index (χ0) is 59.0. The minimum atomic E-state index is -1.44. The molecule has 0 saturated heterocycles. The van der Waals surface area contributed by atoms with E-state index in [0.29, 0.717) is 25.8 Å². The Bertz CT molecular complexity index is 2080. The maximum Gasteiger partial charge on any atom is 0.326 e. The van der Waals surface area contributed by atoms with E-state index >= 15 is 0 Å². The highest BCUT2D eigenvalue weighted by Crippen LogP contribution is 2.10. The predicted octanol–water partition coefficient (Wildman–Crippen LogP) is -8.00. The second-order valence-electron chi connectivity index (χ2n) is 17.8. The van der Waals surface area contributed by atoms with Gasteiger partial charge in [-0.2, -0.15) is 0 Å². The Kier molecular flexibility index (Phi) is 36.2. The molecule has 34 nitrogen and oxygen atoms in total. The Morgan fingerprint density at radius 1 is 0.346 bits per heavy atom. The van der Waals surface area contributed by atoms with Gasteiger partial charge in [0.05, 0.1) is 0 Å². The number of carbonyl (C=O) groups excluding carboxylic acids is 7. The summed E-state index contributed by atoms with van der Waals surface area (Å²) in [6, 6.07) is -8.26. The number of carboxylic acid groups (broad SMARTS) is 1. The highest BCUT2D eigenvalue weighted by atomic mass is 16.4. The summed E-state index contributed by atoms with van der Waals surface area (Å²) in [5.74, 6) is -7.70. The molecule has 0 aliphatic rings. The molecular weight excluding hydrogens is 1020 g/mol. The molecule has 78 heavy (non-hydrogen) atoms. The Hall–Kier alpha value is -8.62. The van der Waals surface area contributed by atoms with Crippen molar-refractivity contribution in [3.05, 3.63) is 0 Å². The van der Waals surface area contributed by atoms with Crippen LogP contribution in [0.3, 0.4) is 0 Å². The van der Waals surface area contributed by atoms with Gasteiger partial charge < -0.3 is 111 Å². The van der Waals surface area contributed by atoms with Crippen LogP contribution in [0.15, 0.2) is 30.0 Å². The molecule has 0 aromatic heterocycles. The standard InChI is InChI=1S/C44H87N25O9/c1-25(70)57-18-4-2-3-17-32(71)64-26(11-5-19-58-39(45)46)33(72)65-27(12-6-20-59-40(47)48)34(73)66-28(13-7-21-60-41(49)50)35(74)67-29(14-8-22-61-42(51)52)36(75)68-30(15-9-23-62-43(53)54)37(76)69-31(38(77)78)16-10-24-63-44(55)56/h26-31H,2-24H2,1H3,(H,57,70)(H,64,71)(H,65,72)(H,66,73)(H,67,74)(H,68,75)(H,69,76)(H,77,78)(H4,45,46,58)(H4,47,48,59)(H4,49,50,60)(H4,51,52,61)(H4,53,54,62)(H4,55,56,63)/t26-,27-,28-,29-,30-,31-/m1/s1. The van der Waals surface area contributed by atoms with Crippen molar-refractivity contribution in [1.29, 1.82) is 0 Å². The third kappa shape index (κ3) is 36.3. The van der Waals surface area contributed by atoms with Gasteiger partial charge in [0.2, 0.25) is 41.4 Å². The first kappa shape index (κ1) is 69.4. The van der Waals surface area contributed by atoms with Crippen LogP contribution in [0.5, 0.6) is 0 Å². The molecule has 0 aromatic carbocycles. The zero-order valence-corrected chi connectivity index (χ0v) is 44.6. The van der Waals surface area contributed by atoms with Crippen molar-refractivity contribution < 1.29 is 43.5 Å².